The minimum Gasteiger partial charge on any atom is -0.340 e. The first kappa shape index (κ1) is 11.9. The van der Waals surface area contributed by atoms with Gasteiger partial charge in [0.25, 0.3) is 0 Å². The van der Waals surface area contributed by atoms with Gasteiger partial charge in [-0.05, 0) is 18.8 Å². The number of carbonyl (C=O) groups is 1. The number of nitrogens with zero attached hydrogens (tertiary/aromatic N) is 2. The van der Waals surface area contributed by atoms with Crippen LogP contribution in [0.15, 0.2) is 0 Å². The summed E-state index contributed by atoms with van der Waals surface area (Å²) in [5.41, 5.74) is 0. The zero-order valence-electron chi connectivity index (χ0n) is 10.6. The summed E-state index contributed by atoms with van der Waals surface area (Å²) < 4.78 is 0. The minimum atomic E-state index is 0.390. The first-order valence-corrected chi connectivity index (χ1v) is 6.71. The maximum Gasteiger partial charge on any atom is 0.225 e. The van der Waals surface area contributed by atoms with E-state index >= 15 is 0 Å². The van der Waals surface area contributed by atoms with E-state index in [1.54, 1.807) is 0 Å². The largest absolute Gasteiger partial charge is 0.340 e. The van der Waals surface area contributed by atoms with Crippen molar-refractivity contribution in [3.8, 4) is 0 Å². The summed E-state index contributed by atoms with van der Waals surface area (Å²) >= 11 is 0. The average molecular weight is 224 g/mol. The van der Waals surface area contributed by atoms with Crippen molar-refractivity contribution in [3.05, 3.63) is 0 Å². The van der Waals surface area contributed by atoms with E-state index in [1.807, 2.05) is 0 Å². The molecule has 1 heterocycles. The molecule has 1 saturated carbocycles. The molecule has 0 aromatic heterocycles. The lowest BCUT2D eigenvalue weighted by Crippen LogP contribution is -2.50. The highest BCUT2D eigenvalue weighted by atomic mass is 16.2. The maximum atomic E-state index is 11.9. The molecule has 1 saturated heterocycles. The second kappa shape index (κ2) is 5.17. The second-order valence-electron chi connectivity index (χ2n) is 5.41. The van der Waals surface area contributed by atoms with Crippen molar-refractivity contribution in [1.29, 1.82) is 0 Å². The lowest BCUT2D eigenvalue weighted by Gasteiger charge is -2.36. The molecule has 0 radical (unpaired) electrons. The zero-order chi connectivity index (χ0) is 11.5. The van der Waals surface area contributed by atoms with E-state index < -0.39 is 0 Å². The van der Waals surface area contributed by atoms with Crippen LogP contribution in [-0.4, -0.2) is 48.4 Å². The molecule has 1 amide bonds. The van der Waals surface area contributed by atoms with Gasteiger partial charge in [-0.3, -0.25) is 9.69 Å². The number of hydrogen-bond acceptors (Lipinski definition) is 2. The van der Waals surface area contributed by atoms with E-state index in [9.17, 15) is 4.79 Å². The molecular weight excluding hydrogens is 200 g/mol. The van der Waals surface area contributed by atoms with Crippen molar-refractivity contribution in [2.24, 2.45) is 11.8 Å². The summed E-state index contributed by atoms with van der Waals surface area (Å²) in [6.45, 7) is 9.80. The second-order valence-corrected chi connectivity index (χ2v) is 5.41. The van der Waals surface area contributed by atoms with E-state index in [0.717, 1.165) is 44.9 Å². The van der Waals surface area contributed by atoms with E-state index in [-0.39, 0.29) is 0 Å². The van der Waals surface area contributed by atoms with E-state index in [0.29, 0.717) is 11.8 Å². The third-order valence-corrected chi connectivity index (χ3v) is 3.88. The standard InChI is InChI=1S/C13H24N2O/c1-3-11(2)10-14-6-8-15(9-7-14)13(16)12-4-5-12/h11-12H,3-10H2,1-2H3/t11-/m0/s1. The Morgan fingerprint density at radius 1 is 1.25 bits per heavy atom. The molecular formula is C13H24N2O. The van der Waals surface area contributed by atoms with Crippen LogP contribution >= 0.6 is 0 Å². The first-order valence-electron chi connectivity index (χ1n) is 6.71. The number of amides is 1. The van der Waals surface area contributed by atoms with Gasteiger partial charge in [0.05, 0.1) is 0 Å². The SMILES string of the molecule is CC[C@H](C)CN1CCN(C(=O)C2CC2)CC1. The van der Waals surface area contributed by atoms with Crippen LogP contribution in [0.25, 0.3) is 0 Å². The van der Waals surface area contributed by atoms with Crippen LogP contribution < -0.4 is 0 Å². The van der Waals surface area contributed by atoms with Gasteiger partial charge in [-0.1, -0.05) is 20.3 Å². The van der Waals surface area contributed by atoms with Crippen molar-refractivity contribution in [3.63, 3.8) is 0 Å². The van der Waals surface area contributed by atoms with Crippen LogP contribution in [-0.2, 0) is 4.79 Å². The Bertz CT molecular complexity index is 242. The van der Waals surface area contributed by atoms with Crippen LogP contribution in [0.5, 0.6) is 0 Å². The fraction of sp³-hybridized carbons (Fsp3) is 0.923. The monoisotopic (exact) mass is 224 g/mol. The molecule has 0 aromatic rings. The molecule has 0 aromatic carbocycles. The van der Waals surface area contributed by atoms with Gasteiger partial charge in [0.15, 0.2) is 0 Å². The molecule has 0 spiro atoms. The van der Waals surface area contributed by atoms with Crippen molar-refractivity contribution in [1.82, 2.24) is 9.80 Å². The van der Waals surface area contributed by atoms with Crippen molar-refractivity contribution < 1.29 is 4.79 Å². The molecule has 2 fully saturated rings. The number of carbonyl (C=O) groups excluding carboxylic acids is 1. The third kappa shape index (κ3) is 2.97. The Morgan fingerprint density at radius 3 is 2.38 bits per heavy atom. The van der Waals surface area contributed by atoms with Crippen LogP contribution in [0, 0.1) is 11.8 Å². The molecule has 2 rings (SSSR count). The molecule has 1 atom stereocenters. The van der Waals surface area contributed by atoms with Gasteiger partial charge < -0.3 is 4.90 Å². The molecule has 3 nitrogen and oxygen atoms in total. The summed E-state index contributed by atoms with van der Waals surface area (Å²) in [5.74, 6) is 1.59. The van der Waals surface area contributed by atoms with E-state index in [4.69, 9.17) is 0 Å². The average Bonchev–Trinajstić information content (AvgIpc) is 3.13. The third-order valence-electron chi connectivity index (χ3n) is 3.88. The molecule has 0 N–H and O–H groups in total. The van der Waals surface area contributed by atoms with Gasteiger partial charge in [0.2, 0.25) is 5.91 Å². The maximum absolute atomic E-state index is 11.9. The number of piperazine rings is 1. The Balaban J connectivity index is 1.71. The van der Waals surface area contributed by atoms with Crippen molar-refractivity contribution >= 4 is 5.91 Å². The van der Waals surface area contributed by atoms with Crippen molar-refractivity contribution in [2.75, 3.05) is 32.7 Å². The number of hydrogen-bond donors (Lipinski definition) is 0. The van der Waals surface area contributed by atoms with Gasteiger partial charge in [-0.25, -0.2) is 0 Å². The van der Waals surface area contributed by atoms with Gasteiger partial charge in [-0.15, -0.1) is 0 Å². The van der Waals surface area contributed by atoms with Gasteiger partial charge >= 0.3 is 0 Å². The lowest BCUT2D eigenvalue weighted by atomic mass is 10.1. The van der Waals surface area contributed by atoms with Gasteiger partial charge in [0, 0.05) is 38.6 Å². The molecule has 0 unspecified atom stereocenters. The zero-order valence-corrected chi connectivity index (χ0v) is 10.6. The molecule has 0 bridgehead atoms. The Hall–Kier alpha value is -0.570. The van der Waals surface area contributed by atoms with Gasteiger partial charge in [0.1, 0.15) is 0 Å². The summed E-state index contributed by atoms with van der Waals surface area (Å²) in [6, 6.07) is 0. The summed E-state index contributed by atoms with van der Waals surface area (Å²) in [5, 5.41) is 0. The van der Waals surface area contributed by atoms with Crippen LogP contribution in [0.4, 0.5) is 0 Å². The van der Waals surface area contributed by atoms with Gasteiger partial charge in [-0.2, -0.15) is 0 Å². The van der Waals surface area contributed by atoms with Crippen molar-refractivity contribution in [2.45, 2.75) is 33.1 Å². The summed E-state index contributed by atoms with van der Waals surface area (Å²) in [4.78, 5) is 16.4. The molecule has 16 heavy (non-hydrogen) atoms. The fourth-order valence-corrected chi connectivity index (χ4v) is 2.31. The van der Waals surface area contributed by atoms with E-state index in [2.05, 4.69) is 23.6 Å². The lowest BCUT2D eigenvalue weighted by molar-refractivity contribution is -0.134. The quantitative estimate of drug-likeness (QED) is 0.724. The Labute approximate surface area is 98.8 Å². The van der Waals surface area contributed by atoms with Crippen LogP contribution in [0.3, 0.4) is 0 Å². The Kier molecular flexibility index (Phi) is 3.85. The summed E-state index contributed by atoms with van der Waals surface area (Å²) in [6.07, 6.45) is 3.51. The topological polar surface area (TPSA) is 23.6 Å². The Morgan fingerprint density at radius 2 is 1.88 bits per heavy atom. The smallest absolute Gasteiger partial charge is 0.225 e. The molecule has 1 aliphatic heterocycles. The normalized spacial score (nSPS) is 24.5. The highest BCUT2D eigenvalue weighted by molar-refractivity contribution is 5.81. The highest BCUT2D eigenvalue weighted by Crippen LogP contribution is 2.31. The predicted molar refractivity (Wildman–Crippen MR) is 65.2 cm³/mol. The molecule has 3 heteroatoms. The van der Waals surface area contributed by atoms with Crippen LogP contribution in [0.2, 0.25) is 0 Å². The van der Waals surface area contributed by atoms with Crippen LogP contribution in [0.1, 0.15) is 33.1 Å². The molecule has 92 valence electrons. The minimum absolute atomic E-state index is 0.390. The predicted octanol–water partition coefficient (Wildman–Crippen LogP) is 1.59. The highest BCUT2D eigenvalue weighted by Gasteiger charge is 2.34. The summed E-state index contributed by atoms with van der Waals surface area (Å²) in [7, 11) is 0. The fourth-order valence-electron chi connectivity index (χ4n) is 2.31. The van der Waals surface area contributed by atoms with E-state index in [1.165, 1.54) is 13.0 Å². The number of rotatable bonds is 4. The molecule has 2 aliphatic rings. The molecule has 1 aliphatic carbocycles. The first-order chi connectivity index (χ1) is 7.70.